The average Bonchev–Trinajstić information content (AvgIpc) is 2.97. The number of hydrogen-bond acceptors (Lipinski definition) is 5. The summed E-state index contributed by atoms with van der Waals surface area (Å²) in [6, 6.07) is 2.93. The van der Waals surface area contributed by atoms with Crippen molar-refractivity contribution in [3.63, 3.8) is 0 Å². The van der Waals surface area contributed by atoms with Crippen LogP contribution in [-0.2, 0) is 4.79 Å². The third-order valence-corrected chi connectivity index (χ3v) is 6.40. The van der Waals surface area contributed by atoms with E-state index in [-0.39, 0.29) is 29.3 Å². The van der Waals surface area contributed by atoms with Crippen LogP contribution in [0.1, 0.15) is 38.8 Å². The molecule has 7 nitrogen and oxygen atoms in total. The number of carbonyl (C=O) groups is 1. The molecular weight excluding hydrogens is 536 g/mol. The van der Waals surface area contributed by atoms with Gasteiger partial charge in [-0.25, -0.2) is 18.2 Å². The molecule has 0 saturated carbocycles. The molecule has 1 fully saturated rings. The highest BCUT2D eigenvalue weighted by atomic mass is 32.1. The molecule has 2 aromatic heterocycles. The van der Waals surface area contributed by atoms with Crippen LogP contribution in [0.5, 0.6) is 0 Å². The highest BCUT2D eigenvalue weighted by Crippen LogP contribution is 2.39. The predicted molar refractivity (Wildman–Crippen MR) is 128 cm³/mol. The first-order valence-electron chi connectivity index (χ1n) is 11.0. The van der Waals surface area contributed by atoms with Crippen LogP contribution in [0.15, 0.2) is 58.2 Å². The molecule has 1 saturated heterocycles. The van der Waals surface area contributed by atoms with E-state index < -0.39 is 57.9 Å². The van der Waals surface area contributed by atoms with Crippen molar-refractivity contribution in [3.05, 3.63) is 75.3 Å². The number of nitrogens with zero attached hydrogens (tertiary/aromatic N) is 5. The van der Waals surface area contributed by atoms with Crippen molar-refractivity contribution >= 4 is 34.6 Å². The minimum Gasteiger partial charge on any atom is -0.302 e. The van der Waals surface area contributed by atoms with Crippen LogP contribution < -0.4 is 10.5 Å². The molecule has 38 heavy (non-hydrogen) atoms. The number of carbonyl (C=O) groups excluding carboxylic acids is 1. The zero-order valence-electron chi connectivity index (χ0n) is 19.7. The molecule has 198 valence electrons. The summed E-state index contributed by atoms with van der Waals surface area (Å²) in [6.07, 6.45) is -3.63. The molecule has 1 aliphatic carbocycles. The van der Waals surface area contributed by atoms with E-state index in [0.717, 1.165) is 22.1 Å². The summed E-state index contributed by atoms with van der Waals surface area (Å²) >= 11 is 5.44. The van der Waals surface area contributed by atoms with Gasteiger partial charge < -0.3 is 4.90 Å². The number of thiocarbonyl (C=S) groups is 1. The van der Waals surface area contributed by atoms with Crippen LogP contribution in [0.3, 0.4) is 0 Å². The molecule has 0 unspecified atom stereocenters. The standard InChI is InChI=1S/C24H17F6N5O2S/c1-23(2)21(37)34(13-6-4-3-5-12(10-31)15(7-13)24(28,29)30)22(38)35(23)14-8-16(25)20-32-17(19(26)27)9-18(36)33(20)11-14/h4,6-9,11,19H,3,5H2,1-2H3. The second-order valence-electron chi connectivity index (χ2n) is 8.89. The summed E-state index contributed by atoms with van der Waals surface area (Å²) in [6.45, 7) is 2.78. The second-order valence-corrected chi connectivity index (χ2v) is 9.25. The number of amides is 1. The first-order chi connectivity index (χ1) is 17.7. The number of alkyl halides is 5. The van der Waals surface area contributed by atoms with E-state index in [9.17, 15) is 41.2 Å². The number of hydrogen-bond donors (Lipinski definition) is 0. The number of fused-ring (bicyclic) bond motifs is 1. The fourth-order valence-electron chi connectivity index (χ4n) is 4.21. The van der Waals surface area contributed by atoms with Crippen LogP contribution >= 0.6 is 12.2 Å². The SMILES string of the molecule is CC1(C)C(=O)N(C2=CC(C(F)(F)F)=C(C#N)CCC=C2)C(=S)N1c1cc(F)c2nc(C(F)F)cc(=O)n2c1. The van der Waals surface area contributed by atoms with Crippen LogP contribution in [0.4, 0.5) is 32.0 Å². The van der Waals surface area contributed by atoms with Gasteiger partial charge in [0.2, 0.25) is 0 Å². The number of allylic oxidation sites excluding steroid dienone is 5. The molecule has 0 aromatic carbocycles. The van der Waals surface area contributed by atoms with Crippen LogP contribution in [0.25, 0.3) is 5.65 Å². The zero-order valence-corrected chi connectivity index (χ0v) is 20.5. The smallest absolute Gasteiger partial charge is 0.302 e. The Morgan fingerprint density at radius 3 is 2.50 bits per heavy atom. The van der Waals surface area contributed by atoms with Gasteiger partial charge in [0.1, 0.15) is 11.2 Å². The topological polar surface area (TPSA) is 81.7 Å². The summed E-state index contributed by atoms with van der Waals surface area (Å²) in [7, 11) is 0. The molecule has 0 spiro atoms. The summed E-state index contributed by atoms with van der Waals surface area (Å²) in [4.78, 5) is 31.4. The number of pyridine rings is 1. The molecule has 0 N–H and O–H groups in total. The normalized spacial score (nSPS) is 18.3. The number of nitriles is 1. The van der Waals surface area contributed by atoms with Crippen molar-refractivity contribution in [1.29, 1.82) is 5.26 Å². The van der Waals surface area contributed by atoms with Crippen LogP contribution in [0.2, 0.25) is 0 Å². The second kappa shape index (κ2) is 9.39. The number of anilines is 1. The van der Waals surface area contributed by atoms with E-state index in [0.29, 0.717) is 16.5 Å². The molecule has 1 aliphatic heterocycles. The molecule has 2 aromatic rings. The molecular formula is C24H17F6N5O2S. The lowest BCUT2D eigenvalue weighted by Crippen LogP contribution is -2.44. The summed E-state index contributed by atoms with van der Waals surface area (Å²) in [5, 5.41) is 8.93. The van der Waals surface area contributed by atoms with Crippen molar-refractivity contribution in [1.82, 2.24) is 14.3 Å². The Bertz CT molecular complexity index is 1560. The highest BCUT2D eigenvalue weighted by molar-refractivity contribution is 7.80. The van der Waals surface area contributed by atoms with Gasteiger partial charge in [0.15, 0.2) is 16.6 Å². The van der Waals surface area contributed by atoms with E-state index in [1.165, 1.54) is 26.0 Å². The molecule has 0 bridgehead atoms. The molecule has 1 amide bonds. The third kappa shape index (κ3) is 4.47. The number of halogens is 6. The van der Waals surface area contributed by atoms with Gasteiger partial charge in [-0.05, 0) is 51.1 Å². The predicted octanol–water partition coefficient (Wildman–Crippen LogP) is 5.10. The molecule has 0 radical (unpaired) electrons. The quantitative estimate of drug-likeness (QED) is 0.389. The monoisotopic (exact) mass is 553 g/mol. The lowest BCUT2D eigenvalue weighted by atomic mass is 9.99. The maximum absolute atomic E-state index is 15.0. The summed E-state index contributed by atoms with van der Waals surface area (Å²) in [5.74, 6) is -1.93. The zero-order chi connectivity index (χ0) is 28.2. The van der Waals surface area contributed by atoms with Crippen molar-refractivity contribution in [3.8, 4) is 6.07 Å². The molecule has 3 heterocycles. The Labute approximate surface area is 216 Å². The minimum atomic E-state index is -4.90. The maximum atomic E-state index is 15.0. The van der Waals surface area contributed by atoms with E-state index in [1.807, 2.05) is 0 Å². The Morgan fingerprint density at radius 1 is 1.21 bits per heavy atom. The van der Waals surface area contributed by atoms with Gasteiger partial charge in [0.25, 0.3) is 17.9 Å². The number of aromatic nitrogens is 2. The lowest BCUT2D eigenvalue weighted by Gasteiger charge is -2.29. The lowest BCUT2D eigenvalue weighted by molar-refractivity contribution is -0.128. The Hall–Kier alpha value is -3.99. The first-order valence-corrected chi connectivity index (χ1v) is 11.4. The Balaban J connectivity index is 1.88. The van der Waals surface area contributed by atoms with Gasteiger partial charge in [0, 0.05) is 23.9 Å². The first kappa shape index (κ1) is 27.1. The molecule has 4 rings (SSSR count). The molecule has 2 aliphatic rings. The van der Waals surface area contributed by atoms with E-state index in [1.54, 1.807) is 6.07 Å². The van der Waals surface area contributed by atoms with E-state index in [4.69, 9.17) is 12.2 Å². The fourth-order valence-corrected chi connectivity index (χ4v) is 4.74. The van der Waals surface area contributed by atoms with Crippen LogP contribution in [-0.4, -0.2) is 37.0 Å². The van der Waals surface area contributed by atoms with Gasteiger partial charge in [-0.1, -0.05) is 6.08 Å². The van der Waals surface area contributed by atoms with Gasteiger partial charge >= 0.3 is 6.18 Å². The summed E-state index contributed by atoms with van der Waals surface area (Å²) in [5.41, 5.74) is -6.35. The van der Waals surface area contributed by atoms with Gasteiger partial charge in [-0.3, -0.25) is 18.9 Å². The highest BCUT2D eigenvalue weighted by Gasteiger charge is 2.51. The molecule has 0 atom stereocenters. The third-order valence-electron chi connectivity index (χ3n) is 6.04. The van der Waals surface area contributed by atoms with E-state index in [2.05, 4.69) is 4.98 Å². The number of rotatable bonds is 3. The van der Waals surface area contributed by atoms with Crippen molar-refractivity contribution in [2.45, 2.75) is 44.8 Å². The van der Waals surface area contributed by atoms with Gasteiger partial charge in [-0.15, -0.1) is 0 Å². The van der Waals surface area contributed by atoms with Crippen molar-refractivity contribution in [2.24, 2.45) is 0 Å². The molecule has 14 heteroatoms. The Morgan fingerprint density at radius 2 is 1.89 bits per heavy atom. The Kier molecular flexibility index (Phi) is 6.69. The fraction of sp³-hybridized carbons (Fsp3) is 0.292. The minimum absolute atomic E-state index is 0.0914. The summed E-state index contributed by atoms with van der Waals surface area (Å²) < 4.78 is 83.1. The van der Waals surface area contributed by atoms with Crippen molar-refractivity contribution in [2.75, 3.05) is 4.90 Å². The van der Waals surface area contributed by atoms with Gasteiger partial charge in [-0.2, -0.15) is 18.4 Å². The van der Waals surface area contributed by atoms with Crippen LogP contribution in [0, 0.1) is 17.1 Å². The van der Waals surface area contributed by atoms with E-state index >= 15 is 0 Å². The largest absolute Gasteiger partial charge is 0.417 e. The average molecular weight is 553 g/mol. The van der Waals surface area contributed by atoms with Crippen molar-refractivity contribution < 1.29 is 31.1 Å². The van der Waals surface area contributed by atoms with Gasteiger partial charge in [0.05, 0.1) is 23.0 Å². The maximum Gasteiger partial charge on any atom is 0.417 e.